The van der Waals surface area contributed by atoms with Crippen LogP contribution in [0, 0.1) is 5.92 Å². The van der Waals surface area contributed by atoms with Crippen LogP contribution in [0.4, 0.5) is 4.79 Å². The topological polar surface area (TPSA) is 221 Å². The smallest absolute Gasteiger partial charge is 0.328 e. The summed E-state index contributed by atoms with van der Waals surface area (Å²) in [6.07, 6.45) is -0.897. The third-order valence-corrected chi connectivity index (χ3v) is 4.74. The zero-order valence-corrected chi connectivity index (χ0v) is 15.7. The van der Waals surface area contributed by atoms with Crippen molar-refractivity contribution in [1.82, 2.24) is 20.8 Å². The largest absolute Gasteiger partial charge is 0.481 e. The van der Waals surface area contributed by atoms with E-state index >= 15 is 0 Å². The van der Waals surface area contributed by atoms with Crippen molar-refractivity contribution in [2.75, 3.05) is 6.61 Å². The first-order chi connectivity index (χ1) is 13.6. The average Bonchev–Trinajstić information content (AvgIpc) is 3.10. The van der Waals surface area contributed by atoms with Crippen LogP contribution in [0.5, 0.6) is 0 Å². The van der Waals surface area contributed by atoms with Gasteiger partial charge in [-0.05, 0) is 32.1 Å². The van der Waals surface area contributed by atoms with Gasteiger partial charge in [-0.25, -0.2) is 9.59 Å². The lowest BCUT2D eigenvalue weighted by Gasteiger charge is -2.41. The zero-order valence-electron chi connectivity index (χ0n) is 15.7. The second-order valence-corrected chi connectivity index (χ2v) is 7.23. The van der Waals surface area contributed by atoms with Crippen molar-refractivity contribution in [2.24, 2.45) is 11.7 Å². The van der Waals surface area contributed by atoms with Crippen molar-refractivity contribution in [1.29, 1.82) is 0 Å². The van der Waals surface area contributed by atoms with Gasteiger partial charge in [0.25, 0.3) is 0 Å². The van der Waals surface area contributed by atoms with Crippen molar-refractivity contribution >= 4 is 18.0 Å². The van der Waals surface area contributed by atoms with E-state index in [0.717, 1.165) is 0 Å². The first-order valence-corrected chi connectivity index (χ1v) is 8.99. The van der Waals surface area contributed by atoms with Gasteiger partial charge in [0, 0.05) is 13.0 Å². The fourth-order valence-electron chi connectivity index (χ4n) is 3.12. The second-order valence-electron chi connectivity index (χ2n) is 7.23. The first-order valence-electron chi connectivity index (χ1n) is 8.99. The van der Waals surface area contributed by atoms with Crippen LogP contribution < -0.4 is 16.4 Å². The summed E-state index contributed by atoms with van der Waals surface area (Å²) in [4.78, 5) is 38.3. The molecule has 1 aromatic heterocycles. The minimum atomic E-state index is -1.56. The van der Waals surface area contributed by atoms with Crippen LogP contribution >= 0.6 is 0 Å². The van der Waals surface area contributed by atoms with E-state index in [2.05, 4.69) is 20.8 Å². The van der Waals surface area contributed by atoms with Crippen LogP contribution in [0.3, 0.4) is 0 Å². The number of carboxylic acids is 2. The van der Waals surface area contributed by atoms with Crippen molar-refractivity contribution in [3.05, 3.63) is 11.7 Å². The van der Waals surface area contributed by atoms with Crippen LogP contribution in [0.25, 0.3) is 0 Å². The Hall–Kier alpha value is -2.77. The van der Waals surface area contributed by atoms with Crippen molar-refractivity contribution in [2.45, 2.75) is 56.3 Å². The summed E-state index contributed by atoms with van der Waals surface area (Å²) >= 11 is 0. The van der Waals surface area contributed by atoms with Crippen molar-refractivity contribution < 1.29 is 39.3 Å². The second kappa shape index (κ2) is 9.15. The van der Waals surface area contributed by atoms with Gasteiger partial charge in [-0.3, -0.25) is 4.79 Å². The third-order valence-electron chi connectivity index (χ3n) is 4.74. The highest BCUT2D eigenvalue weighted by atomic mass is 16.5. The number of amides is 2. The molecule has 1 heterocycles. The molecule has 162 valence electrons. The number of aliphatic hydroxyl groups excluding tert-OH is 2. The molecule has 29 heavy (non-hydrogen) atoms. The highest BCUT2D eigenvalue weighted by Crippen LogP contribution is 2.42. The molecule has 1 aliphatic carbocycles. The van der Waals surface area contributed by atoms with Gasteiger partial charge in [-0.1, -0.05) is 5.16 Å². The Morgan fingerprint density at radius 1 is 1.31 bits per heavy atom. The Bertz CT molecular complexity index is 745. The number of rotatable bonds is 10. The molecule has 1 fully saturated rings. The maximum absolute atomic E-state index is 12.2. The van der Waals surface area contributed by atoms with E-state index < -0.39 is 41.7 Å². The molecule has 0 spiro atoms. The number of urea groups is 1. The van der Waals surface area contributed by atoms with Gasteiger partial charge in [0.1, 0.15) is 6.04 Å². The molecule has 0 aliphatic heterocycles. The van der Waals surface area contributed by atoms with Gasteiger partial charge in [-0.15, -0.1) is 0 Å². The molecular weight excluding hydrogens is 390 g/mol. The van der Waals surface area contributed by atoms with Crippen LogP contribution in [0.15, 0.2) is 4.52 Å². The van der Waals surface area contributed by atoms with Gasteiger partial charge in [0.2, 0.25) is 5.89 Å². The standard InChI is InChI=1S/C16H25N5O8/c1-7(23)11(13(26)27)19-15(28)18-9(2-3-10(24)25)12-20-14(21-29-12)16(17)4-8(5-16)6-22/h7-9,11,22-23H,2-6,17H2,1H3,(H,24,25)(H,26,27)(H2,18,19,28). The molecule has 3 atom stereocenters. The van der Waals surface area contributed by atoms with Gasteiger partial charge < -0.3 is 41.3 Å². The van der Waals surface area contributed by atoms with Gasteiger partial charge >= 0.3 is 18.0 Å². The average molecular weight is 415 g/mol. The maximum Gasteiger partial charge on any atom is 0.328 e. The number of nitrogens with two attached hydrogens (primary N) is 1. The summed E-state index contributed by atoms with van der Waals surface area (Å²) in [6.45, 7) is 1.19. The minimum absolute atomic E-state index is 0.0132. The molecule has 8 N–H and O–H groups in total. The Labute approximate surface area is 165 Å². The maximum atomic E-state index is 12.2. The zero-order chi connectivity index (χ0) is 21.8. The summed E-state index contributed by atoms with van der Waals surface area (Å²) in [5.74, 6) is -2.44. The number of aliphatic hydroxyl groups is 2. The summed E-state index contributed by atoms with van der Waals surface area (Å²) < 4.78 is 5.15. The first kappa shape index (κ1) is 22.5. The minimum Gasteiger partial charge on any atom is -0.481 e. The van der Waals surface area contributed by atoms with Crippen LogP contribution in [-0.4, -0.2) is 67.3 Å². The van der Waals surface area contributed by atoms with Crippen LogP contribution in [0.1, 0.15) is 50.4 Å². The summed E-state index contributed by atoms with van der Waals surface area (Å²) in [5, 5.41) is 44.8. The molecule has 3 unspecified atom stereocenters. The Morgan fingerprint density at radius 2 is 1.97 bits per heavy atom. The quantitative estimate of drug-likeness (QED) is 0.237. The van der Waals surface area contributed by atoms with E-state index in [0.29, 0.717) is 12.8 Å². The lowest BCUT2D eigenvalue weighted by molar-refractivity contribution is -0.141. The van der Waals surface area contributed by atoms with E-state index in [4.69, 9.17) is 25.6 Å². The lowest BCUT2D eigenvalue weighted by atomic mass is 9.69. The molecule has 0 bridgehead atoms. The number of nitrogens with one attached hydrogen (secondary N) is 2. The predicted molar refractivity (Wildman–Crippen MR) is 94.4 cm³/mol. The monoisotopic (exact) mass is 415 g/mol. The Balaban J connectivity index is 2.11. The van der Waals surface area contributed by atoms with E-state index in [1.54, 1.807) is 0 Å². The molecule has 13 heteroatoms. The lowest BCUT2D eigenvalue weighted by Crippen LogP contribution is -2.52. The molecule has 13 nitrogen and oxygen atoms in total. The van der Waals surface area contributed by atoms with Crippen molar-refractivity contribution in [3.8, 4) is 0 Å². The van der Waals surface area contributed by atoms with Gasteiger partial charge in [0.05, 0.1) is 11.6 Å². The van der Waals surface area contributed by atoms with Crippen LogP contribution in [-0.2, 0) is 15.1 Å². The Morgan fingerprint density at radius 3 is 2.48 bits per heavy atom. The van der Waals surface area contributed by atoms with Crippen molar-refractivity contribution in [3.63, 3.8) is 0 Å². The van der Waals surface area contributed by atoms with E-state index in [1.165, 1.54) is 6.92 Å². The van der Waals surface area contributed by atoms with Crippen LogP contribution in [0.2, 0.25) is 0 Å². The highest BCUT2D eigenvalue weighted by molar-refractivity contribution is 5.83. The summed E-state index contributed by atoms with van der Waals surface area (Å²) in [7, 11) is 0. The number of hydrogen-bond acceptors (Lipinski definition) is 9. The number of nitrogens with zero attached hydrogens (tertiary/aromatic N) is 2. The normalized spacial score (nSPS) is 24.1. The number of aliphatic carboxylic acids is 2. The fraction of sp³-hybridized carbons (Fsp3) is 0.688. The fourth-order valence-corrected chi connectivity index (χ4v) is 3.12. The summed E-state index contributed by atoms with van der Waals surface area (Å²) in [5.41, 5.74) is 5.30. The molecule has 1 aromatic rings. The number of aromatic nitrogens is 2. The predicted octanol–water partition coefficient (Wildman–Crippen LogP) is -1.33. The summed E-state index contributed by atoms with van der Waals surface area (Å²) in [6, 6.07) is -3.54. The Kier molecular flexibility index (Phi) is 7.11. The SMILES string of the molecule is CC(O)C(NC(=O)NC(CCC(=O)O)c1nc(C2(N)CC(CO)C2)no1)C(=O)O. The van der Waals surface area contributed by atoms with Gasteiger partial charge in [0.15, 0.2) is 11.9 Å². The number of carboxylic acid groups (broad SMARTS) is 2. The number of carbonyl (C=O) groups is 3. The molecule has 0 radical (unpaired) electrons. The third kappa shape index (κ3) is 5.62. The van der Waals surface area contributed by atoms with E-state index in [9.17, 15) is 19.5 Å². The molecule has 2 amide bonds. The molecule has 1 aliphatic rings. The molecular formula is C16H25N5O8. The van der Waals surface area contributed by atoms with E-state index in [1.807, 2.05) is 0 Å². The van der Waals surface area contributed by atoms with E-state index in [-0.39, 0.29) is 37.1 Å². The number of hydrogen-bond donors (Lipinski definition) is 7. The number of carbonyl (C=O) groups excluding carboxylic acids is 1. The highest BCUT2D eigenvalue weighted by Gasteiger charge is 2.46. The molecule has 0 aromatic carbocycles. The molecule has 0 saturated heterocycles. The molecule has 2 rings (SSSR count). The van der Waals surface area contributed by atoms with Gasteiger partial charge in [-0.2, -0.15) is 4.98 Å². The molecule has 1 saturated carbocycles.